The van der Waals surface area contributed by atoms with Gasteiger partial charge in [-0.3, -0.25) is 0 Å². The molecule has 1 fully saturated rings. The quantitative estimate of drug-likeness (QED) is 0.842. The fraction of sp³-hybridized carbons (Fsp3) is 0.636. The van der Waals surface area contributed by atoms with Crippen LogP contribution >= 0.6 is 0 Å². The van der Waals surface area contributed by atoms with Crippen LogP contribution in [0.4, 0.5) is 5.95 Å². The lowest BCUT2D eigenvalue weighted by Gasteiger charge is -2.11. The topological polar surface area (TPSA) is 98.0 Å². The van der Waals surface area contributed by atoms with E-state index in [1.807, 2.05) is 0 Å². The summed E-state index contributed by atoms with van der Waals surface area (Å²) in [6, 6.07) is 0. The molecule has 7 heteroatoms. The Morgan fingerprint density at radius 1 is 1.39 bits per heavy atom. The van der Waals surface area contributed by atoms with Crippen molar-refractivity contribution in [3.05, 3.63) is 12.4 Å². The first kappa shape index (κ1) is 13.2. The minimum atomic E-state index is -3.51. The first-order valence-corrected chi connectivity index (χ1v) is 7.53. The fourth-order valence-corrected chi connectivity index (χ4v) is 3.29. The largest absolute Gasteiger partial charge is 0.368 e. The zero-order valence-corrected chi connectivity index (χ0v) is 11.2. The molecule has 3 N–H and O–H groups in total. The molecule has 6 nitrogen and oxygen atoms in total. The minimum absolute atomic E-state index is 0.0581. The second-order valence-electron chi connectivity index (χ2n) is 4.91. The van der Waals surface area contributed by atoms with E-state index in [1.54, 1.807) is 0 Å². The van der Waals surface area contributed by atoms with Crippen LogP contribution in [0.15, 0.2) is 17.3 Å². The Kier molecular flexibility index (Phi) is 3.82. The van der Waals surface area contributed by atoms with Crippen molar-refractivity contribution in [2.75, 3.05) is 12.3 Å². The van der Waals surface area contributed by atoms with Gasteiger partial charge < -0.3 is 5.73 Å². The van der Waals surface area contributed by atoms with E-state index in [-0.39, 0.29) is 10.8 Å². The van der Waals surface area contributed by atoms with Crippen LogP contribution in [0.25, 0.3) is 0 Å². The van der Waals surface area contributed by atoms with Gasteiger partial charge in [0.15, 0.2) is 0 Å². The molecule has 2 atom stereocenters. The zero-order valence-electron chi connectivity index (χ0n) is 10.3. The summed E-state index contributed by atoms with van der Waals surface area (Å²) < 4.78 is 26.5. The first-order chi connectivity index (χ1) is 8.47. The SMILES string of the molecule is CC1CCC(CNS(=O)(=O)c2cnc(N)nc2)C1. The molecular weight excluding hydrogens is 252 g/mol. The van der Waals surface area contributed by atoms with Crippen LogP contribution in [-0.4, -0.2) is 24.9 Å². The number of hydrogen-bond donors (Lipinski definition) is 2. The van der Waals surface area contributed by atoms with Crippen LogP contribution < -0.4 is 10.5 Å². The third-order valence-corrected chi connectivity index (χ3v) is 4.70. The molecule has 2 rings (SSSR count). The normalized spacial score (nSPS) is 24.3. The number of rotatable bonds is 4. The molecule has 1 aromatic heterocycles. The van der Waals surface area contributed by atoms with Crippen LogP contribution in [0.1, 0.15) is 26.2 Å². The molecule has 100 valence electrons. The van der Waals surface area contributed by atoms with Gasteiger partial charge in [0.1, 0.15) is 4.90 Å². The van der Waals surface area contributed by atoms with Crippen molar-refractivity contribution in [2.24, 2.45) is 11.8 Å². The number of nitrogens with two attached hydrogens (primary N) is 1. The van der Waals surface area contributed by atoms with E-state index in [1.165, 1.54) is 18.8 Å². The number of nitrogen functional groups attached to an aromatic ring is 1. The molecule has 0 spiro atoms. The van der Waals surface area contributed by atoms with Crippen LogP contribution in [0.2, 0.25) is 0 Å². The van der Waals surface area contributed by atoms with Crippen molar-refractivity contribution in [1.82, 2.24) is 14.7 Å². The number of nitrogens with one attached hydrogen (secondary N) is 1. The molecule has 1 aliphatic carbocycles. The van der Waals surface area contributed by atoms with Gasteiger partial charge >= 0.3 is 0 Å². The molecule has 0 saturated heterocycles. The summed E-state index contributed by atoms with van der Waals surface area (Å²) in [5.74, 6) is 1.20. The Balaban J connectivity index is 1.97. The maximum atomic E-state index is 11.9. The van der Waals surface area contributed by atoms with Crippen LogP contribution in [0.5, 0.6) is 0 Å². The van der Waals surface area contributed by atoms with Gasteiger partial charge in [0, 0.05) is 6.54 Å². The maximum Gasteiger partial charge on any atom is 0.243 e. The summed E-state index contributed by atoms with van der Waals surface area (Å²) >= 11 is 0. The average molecular weight is 270 g/mol. The number of aromatic nitrogens is 2. The maximum absolute atomic E-state index is 11.9. The molecule has 18 heavy (non-hydrogen) atoms. The highest BCUT2D eigenvalue weighted by Crippen LogP contribution is 2.29. The summed E-state index contributed by atoms with van der Waals surface area (Å²) in [4.78, 5) is 7.43. The van der Waals surface area contributed by atoms with Crippen molar-refractivity contribution in [2.45, 2.75) is 31.1 Å². The number of sulfonamides is 1. The smallest absolute Gasteiger partial charge is 0.243 e. The highest BCUT2D eigenvalue weighted by atomic mass is 32.2. The summed E-state index contributed by atoms with van der Waals surface area (Å²) in [5, 5.41) is 0. The molecule has 1 aromatic rings. The van der Waals surface area contributed by atoms with Crippen molar-refractivity contribution in [3.8, 4) is 0 Å². The Morgan fingerprint density at radius 3 is 2.61 bits per heavy atom. The molecule has 1 saturated carbocycles. The lowest BCUT2D eigenvalue weighted by Crippen LogP contribution is -2.28. The molecule has 0 bridgehead atoms. The van der Waals surface area contributed by atoms with E-state index < -0.39 is 10.0 Å². The van der Waals surface area contributed by atoms with E-state index in [9.17, 15) is 8.42 Å². The summed E-state index contributed by atoms with van der Waals surface area (Å²) in [6.45, 7) is 2.68. The predicted octanol–water partition coefficient (Wildman–Crippen LogP) is 0.773. The molecule has 2 unspecified atom stereocenters. The molecule has 1 aliphatic rings. The Morgan fingerprint density at radius 2 is 2.06 bits per heavy atom. The Bertz CT molecular complexity index is 500. The summed E-state index contributed by atoms with van der Waals surface area (Å²) in [6.07, 6.45) is 5.80. The van der Waals surface area contributed by atoms with E-state index in [0.29, 0.717) is 18.4 Å². The third-order valence-electron chi connectivity index (χ3n) is 3.32. The van der Waals surface area contributed by atoms with Gasteiger partial charge in [0.05, 0.1) is 12.4 Å². The highest BCUT2D eigenvalue weighted by molar-refractivity contribution is 7.89. The molecule has 0 aliphatic heterocycles. The van der Waals surface area contributed by atoms with Gasteiger partial charge in [-0.25, -0.2) is 23.1 Å². The zero-order chi connectivity index (χ0) is 13.2. The highest BCUT2D eigenvalue weighted by Gasteiger charge is 2.23. The molecule has 0 aromatic carbocycles. The van der Waals surface area contributed by atoms with E-state index in [0.717, 1.165) is 12.8 Å². The molecule has 0 radical (unpaired) electrons. The lowest BCUT2D eigenvalue weighted by atomic mass is 10.1. The Hall–Kier alpha value is -1.21. The molecule has 0 amide bonds. The average Bonchev–Trinajstić information content (AvgIpc) is 2.73. The van der Waals surface area contributed by atoms with Crippen LogP contribution in [0, 0.1) is 11.8 Å². The van der Waals surface area contributed by atoms with E-state index in [2.05, 4.69) is 21.6 Å². The lowest BCUT2D eigenvalue weighted by molar-refractivity contribution is 0.498. The minimum Gasteiger partial charge on any atom is -0.368 e. The number of nitrogens with zero attached hydrogens (tertiary/aromatic N) is 2. The van der Waals surface area contributed by atoms with Gasteiger partial charge in [-0.15, -0.1) is 0 Å². The molecule has 1 heterocycles. The Labute approximate surface area is 107 Å². The van der Waals surface area contributed by atoms with Crippen LogP contribution in [-0.2, 0) is 10.0 Å². The first-order valence-electron chi connectivity index (χ1n) is 6.04. The summed E-state index contributed by atoms with van der Waals surface area (Å²) in [5.41, 5.74) is 5.32. The van der Waals surface area contributed by atoms with Crippen molar-refractivity contribution < 1.29 is 8.42 Å². The van der Waals surface area contributed by atoms with Crippen molar-refractivity contribution in [3.63, 3.8) is 0 Å². The second-order valence-corrected chi connectivity index (χ2v) is 6.68. The van der Waals surface area contributed by atoms with E-state index in [4.69, 9.17) is 5.73 Å². The van der Waals surface area contributed by atoms with Gasteiger partial charge in [0.2, 0.25) is 16.0 Å². The predicted molar refractivity (Wildman–Crippen MR) is 68.1 cm³/mol. The monoisotopic (exact) mass is 270 g/mol. The third kappa shape index (κ3) is 3.17. The number of anilines is 1. The van der Waals surface area contributed by atoms with Gasteiger partial charge in [-0.1, -0.05) is 13.3 Å². The van der Waals surface area contributed by atoms with Gasteiger partial charge in [-0.05, 0) is 24.7 Å². The summed E-state index contributed by atoms with van der Waals surface area (Å²) in [7, 11) is -3.51. The standard InChI is InChI=1S/C11H18N4O2S/c1-8-2-3-9(4-8)5-15-18(16,17)10-6-13-11(12)14-7-10/h6-9,15H,2-5H2,1H3,(H2,12,13,14). The van der Waals surface area contributed by atoms with Crippen LogP contribution in [0.3, 0.4) is 0 Å². The molecular formula is C11H18N4O2S. The van der Waals surface area contributed by atoms with Crippen molar-refractivity contribution >= 4 is 16.0 Å². The van der Waals surface area contributed by atoms with Gasteiger partial charge in [0.25, 0.3) is 0 Å². The van der Waals surface area contributed by atoms with Crippen molar-refractivity contribution in [1.29, 1.82) is 0 Å². The van der Waals surface area contributed by atoms with Gasteiger partial charge in [-0.2, -0.15) is 0 Å². The second kappa shape index (κ2) is 5.19. The fourth-order valence-electron chi connectivity index (χ4n) is 2.29. The number of hydrogen-bond acceptors (Lipinski definition) is 5. The van der Waals surface area contributed by atoms with E-state index >= 15 is 0 Å².